The second-order valence-corrected chi connectivity index (χ2v) is 7.40. The Balaban J connectivity index is 2.57. The quantitative estimate of drug-likeness (QED) is 0.667. The van der Waals surface area contributed by atoms with Crippen LogP contribution in [0.25, 0.3) is 0 Å². The van der Waals surface area contributed by atoms with Crippen molar-refractivity contribution in [2.24, 2.45) is 5.14 Å². The molecule has 0 saturated carbocycles. The minimum atomic E-state index is -3.70. The van der Waals surface area contributed by atoms with Crippen molar-refractivity contribution >= 4 is 27.3 Å². The molecule has 3 N–H and O–H groups in total. The van der Waals surface area contributed by atoms with E-state index in [0.29, 0.717) is 10.7 Å². The summed E-state index contributed by atoms with van der Waals surface area (Å²) in [6.07, 6.45) is 7.20. The van der Waals surface area contributed by atoms with Crippen molar-refractivity contribution in [1.82, 2.24) is 0 Å². The first-order valence-electron chi connectivity index (χ1n) is 7.43. The second kappa shape index (κ2) is 8.61. The summed E-state index contributed by atoms with van der Waals surface area (Å²) in [6.45, 7) is 4.27. The number of unbranched alkanes of at least 4 members (excludes halogenated alkanes) is 4. The minimum absolute atomic E-state index is 0.0737. The highest BCUT2D eigenvalue weighted by molar-refractivity contribution is 7.89. The summed E-state index contributed by atoms with van der Waals surface area (Å²) in [5, 5.41) is 8.90. The molecule has 6 heteroatoms. The molecular weight excluding hydrogens is 308 g/mol. The molecule has 0 aliphatic heterocycles. The zero-order valence-electron chi connectivity index (χ0n) is 12.7. The summed E-state index contributed by atoms with van der Waals surface area (Å²) in [5.74, 6) is 0. The van der Waals surface area contributed by atoms with Gasteiger partial charge >= 0.3 is 0 Å². The van der Waals surface area contributed by atoms with E-state index in [1.165, 1.54) is 37.8 Å². The molecule has 0 fully saturated rings. The highest BCUT2D eigenvalue weighted by Crippen LogP contribution is 2.26. The van der Waals surface area contributed by atoms with Crippen molar-refractivity contribution in [3.8, 4) is 0 Å². The summed E-state index contributed by atoms with van der Waals surface area (Å²) in [5.41, 5.74) is 0.615. The van der Waals surface area contributed by atoms with E-state index in [1.807, 2.05) is 0 Å². The number of benzene rings is 1. The first-order chi connectivity index (χ1) is 9.84. The fourth-order valence-corrected chi connectivity index (χ4v) is 2.90. The van der Waals surface area contributed by atoms with Crippen LogP contribution in [-0.4, -0.2) is 14.5 Å². The summed E-state index contributed by atoms with van der Waals surface area (Å²) in [6, 6.07) is 4.70. The van der Waals surface area contributed by atoms with Gasteiger partial charge in [-0.05, 0) is 31.5 Å². The van der Waals surface area contributed by atoms with Crippen LogP contribution >= 0.6 is 11.6 Å². The molecule has 1 aromatic carbocycles. The van der Waals surface area contributed by atoms with E-state index in [0.717, 1.165) is 12.8 Å². The number of rotatable bonds is 9. The molecule has 4 nitrogen and oxygen atoms in total. The Morgan fingerprint density at radius 3 is 2.52 bits per heavy atom. The van der Waals surface area contributed by atoms with Crippen LogP contribution in [0, 0.1) is 0 Å². The molecule has 1 aromatic rings. The van der Waals surface area contributed by atoms with E-state index in [1.54, 1.807) is 6.07 Å². The number of sulfonamides is 1. The maximum absolute atomic E-state index is 11.4. The van der Waals surface area contributed by atoms with Crippen LogP contribution in [-0.2, 0) is 10.0 Å². The number of halogens is 1. The number of primary sulfonamides is 1. The summed E-state index contributed by atoms with van der Waals surface area (Å²) >= 11 is 6.09. The van der Waals surface area contributed by atoms with Crippen LogP contribution in [0.1, 0.15) is 52.4 Å². The first-order valence-corrected chi connectivity index (χ1v) is 9.36. The average molecular weight is 333 g/mol. The van der Waals surface area contributed by atoms with Crippen molar-refractivity contribution in [3.05, 3.63) is 23.2 Å². The van der Waals surface area contributed by atoms with E-state index >= 15 is 0 Å². The molecule has 0 aliphatic rings. The van der Waals surface area contributed by atoms with Gasteiger partial charge in [-0.1, -0.05) is 50.6 Å². The van der Waals surface area contributed by atoms with E-state index in [9.17, 15) is 8.42 Å². The zero-order chi connectivity index (χ0) is 15.9. The molecule has 0 spiro atoms. The zero-order valence-corrected chi connectivity index (χ0v) is 14.3. The van der Waals surface area contributed by atoms with Gasteiger partial charge in [-0.2, -0.15) is 0 Å². The largest absolute Gasteiger partial charge is 0.381 e. The van der Waals surface area contributed by atoms with Gasteiger partial charge in [0.05, 0.1) is 15.6 Å². The molecule has 0 amide bonds. The van der Waals surface area contributed by atoms with Crippen LogP contribution in [0.3, 0.4) is 0 Å². The third-order valence-electron chi connectivity index (χ3n) is 3.41. The Morgan fingerprint density at radius 2 is 1.90 bits per heavy atom. The molecule has 0 bridgehead atoms. The maximum Gasteiger partial charge on any atom is 0.238 e. The summed E-state index contributed by atoms with van der Waals surface area (Å²) in [7, 11) is -3.70. The Bertz CT molecular complexity index is 547. The second-order valence-electron chi connectivity index (χ2n) is 5.43. The lowest BCUT2D eigenvalue weighted by Crippen LogP contribution is -2.17. The number of hydrogen-bond acceptors (Lipinski definition) is 3. The molecular formula is C15H25ClN2O2S. The topological polar surface area (TPSA) is 72.2 Å². The molecule has 120 valence electrons. The molecule has 0 aliphatic carbocycles. The molecule has 0 saturated heterocycles. The van der Waals surface area contributed by atoms with Gasteiger partial charge in [0.2, 0.25) is 10.0 Å². The first kappa shape index (κ1) is 18.3. The minimum Gasteiger partial charge on any atom is -0.381 e. The smallest absolute Gasteiger partial charge is 0.238 e. The van der Waals surface area contributed by atoms with E-state index < -0.39 is 10.0 Å². The molecule has 0 heterocycles. The van der Waals surface area contributed by atoms with Crippen molar-refractivity contribution < 1.29 is 8.42 Å². The number of nitrogens with two attached hydrogens (primary N) is 1. The van der Waals surface area contributed by atoms with Crippen molar-refractivity contribution in [3.63, 3.8) is 0 Å². The molecule has 1 atom stereocenters. The van der Waals surface area contributed by atoms with Gasteiger partial charge in [0.15, 0.2) is 0 Å². The SMILES string of the molecule is CCCCCCCC(C)Nc1cc(S(N)(=O)=O)ccc1Cl. The van der Waals surface area contributed by atoms with Gasteiger partial charge in [-0.3, -0.25) is 0 Å². The fraction of sp³-hybridized carbons (Fsp3) is 0.600. The van der Waals surface area contributed by atoms with E-state index in [2.05, 4.69) is 19.2 Å². The Labute approximate surface area is 133 Å². The van der Waals surface area contributed by atoms with Crippen LogP contribution in [0.5, 0.6) is 0 Å². The third kappa shape index (κ3) is 6.68. The van der Waals surface area contributed by atoms with Gasteiger partial charge in [-0.25, -0.2) is 13.6 Å². The van der Waals surface area contributed by atoms with E-state index in [4.69, 9.17) is 16.7 Å². The predicted octanol–water partition coefficient (Wildman–Crippen LogP) is 4.15. The lowest BCUT2D eigenvalue weighted by Gasteiger charge is -2.17. The van der Waals surface area contributed by atoms with Crippen LogP contribution < -0.4 is 10.5 Å². The number of hydrogen-bond donors (Lipinski definition) is 2. The molecule has 0 aromatic heterocycles. The van der Waals surface area contributed by atoms with Crippen molar-refractivity contribution in [2.45, 2.75) is 63.3 Å². The van der Waals surface area contributed by atoms with Crippen LogP contribution in [0.4, 0.5) is 5.69 Å². The normalized spacial score (nSPS) is 13.1. The lowest BCUT2D eigenvalue weighted by molar-refractivity contribution is 0.578. The third-order valence-corrected chi connectivity index (χ3v) is 4.65. The highest BCUT2D eigenvalue weighted by Gasteiger charge is 2.12. The van der Waals surface area contributed by atoms with E-state index in [-0.39, 0.29) is 10.9 Å². The Kier molecular flexibility index (Phi) is 7.49. The fourth-order valence-electron chi connectivity index (χ4n) is 2.18. The van der Waals surface area contributed by atoms with Crippen LogP contribution in [0.2, 0.25) is 5.02 Å². The van der Waals surface area contributed by atoms with Gasteiger partial charge in [-0.15, -0.1) is 0 Å². The predicted molar refractivity (Wildman–Crippen MR) is 89.3 cm³/mol. The molecule has 21 heavy (non-hydrogen) atoms. The average Bonchev–Trinajstić information content (AvgIpc) is 2.40. The maximum atomic E-state index is 11.4. The monoisotopic (exact) mass is 332 g/mol. The van der Waals surface area contributed by atoms with Gasteiger partial charge < -0.3 is 5.32 Å². The number of nitrogens with one attached hydrogen (secondary N) is 1. The van der Waals surface area contributed by atoms with Gasteiger partial charge in [0, 0.05) is 6.04 Å². The summed E-state index contributed by atoms with van der Waals surface area (Å²) < 4.78 is 22.7. The molecule has 0 radical (unpaired) electrons. The van der Waals surface area contributed by atoms with Gasteiger partial charge in [0.25, 0.3) is 0 Å². The van der Waals surface area contributed by atoms with Gasteiger partial charge in [0.1, 0.15) is 0 Å². The lowest BCUT2D eigenvalue weighted by atomic mass is 10.1. The van der Waals surface area contributed by atoms with Crippen molar-refractivity contribution in [1.29, 1.82) is 0 Å². The number of anilines is 1. The Hall–Kier alpha value is -0.780. The highest BCUT2D eigenvalue weighted by atomic mass is 35.5. The molecule has 1 unspecified atom stereocenters. The Morgan fingerprint density at radius 1 is 1.24 bits per heavy atom. The standard InChI is InChI=1S/C15H25ClN2O2S/c1-3-4-5-6-7-8-12(2)18-15-11-13(21(17,19)20)9-10-14(15)16/h9-12,18H,3-8H2,1-2H3,(H2,17,19,20). The summed E-state index contributed by atoms with van der Waals surface area (Å²) in [4.78, 5) is 0.0737. The molecule has 1 rings (SSSR count). The van der Waals surface area contributed by atoms with Crippen molar-refractivity contribution in [2.75, 3.05) is 5.32 Å². The van der Waals surface area contributed by atoms with Crippen LogP contribution in [0.15, 0.2) is 23.1 Å².